The van der Waals surface area contributed by atoms with Gasteiger partial charge in [0.05, 0.1) is 0 Å². The van der Waals surface area contributed by atoms with Gasteiger partial charge in [-0.25, -0.2) is 4.79 Å². The zero-order valence-corrected chi connectivity index (χ0v) is 8.27. The summed E-state index contributed by atoms with van der Waals surface area (Å²) in [6.45, 7) is 1.46. The summed E-state index contributed by atoms with van der Waals surface area (Å²) in [4.78, 5) is 12.4. The fourth-order valence-corrected chi connectivity index (χ4v) is 1.06. The Kier molecular flexibility index (Phi) is 2.76. The fourth-order valence-electron chi connectivity index (χ4n) is 1.06. The number of rotatable bonds is 3. The Bertz CT molecular complexity index is 322. The maximum absolute atomic E-state index is 10.9. The minimum atomic E-state index is -1.39. The second-order valence-electron chi connectivity index (χ2n) is 3.35. The van der Waals surface area contributed by atoms with Crippen LogP contribution in [0.5, 0.6) is 0 Å². The molecule has 1 atom stereocenters. The number of para-hydroxylation sites is 1. The third-order valence-electron chi connectivity index (χ3n) is 2.27. The molecular formula is C10H14N2O2. The molecule has 0 saturated carbocycles. The number of hydrogen-bond acceptors (Lipinski definition) is 3. The second-order valence-corrected chi connectivity index (χ2v) is 3.35. The van der Waals surface area contributed by atoms with Crippen molar-refractivity contribution in [3.63, 3.8) is 0 Å². The minimum Gasteiger partial charge on any atom is -0.478 e. The highest BCUT2D eigenvalue weighted by Crippen LogP contribution is 2.18. The molecule has 0 amide bonds. The topological polar surface area (TPSA) is 66.6 Å². The molecule has 1 aromatic rings. The van der Waals surface area contributed by atoms with Gasteiger partial charge in [-0.15, -0.1) is 0 Å². The Hall–Kier alpha value is -1.55. The first-order valence-electron chi connectivity index (χ1n) is 4.27. The molecule has 0 saturated heterocycles. The summed E-state index contributed by atoms with van der Waals surface area (Å²) in [5.41, 5.74) is 5.05. The zero-order valence-electron chi connectivity index (χ0n) is 8.27. The zero-order chi connectivity index (χ0) is 10.8. The predicted octanol–water partition coefficient (Wildman–Crippen LogP) is 0.882. The molecule has 3 N–H and O–H groups in total. The van der Waals surface area contributed by atoms with Gasteiger partial charge in [0.15, 0.2) is 5.66 Å². The van der Waals surface area contributed by atoms with Crippen LogP contribution < -0.4 is 10.6 Å². The Morgan fingerprint density at radius 2 is 1.93 bits per heavy atom. The van der Waals surface area contributed by atoms with Crippen LogP contribution in [0.4, 0.5) is 5.69 Å². The molecule has 0 heterocycles. The summed E-state index contributed by atoms with van der Waals surface area (Å²) in [7, 11) is 1.66. The molecule has 1 rings (SSSR count). The van der Waals surface area contributed by atoms with Gasteiger partial charge in [0.2, 0.25) is 0 Å². The quantitative estimate of drug-likeness (QED) is 0.701. The largest absolute Gasteiger partial charge is 0.478 e. The summed E-state index contributed by atoms with van der Waals surface area (Å²) in [5, 5.41) is 8.91. The van der Waals surface area contributed by atoms with E-state index in [1.54, 1.807) is 7.05 Å². The number of carbonyl (C=O) groups is 1. The third-order valence-corrected chi connectivity index (χ3v) is 2.27. The number of nitrogens with zero attached hydrogens (tertiary/aromatic N) is 1. The lowest BCUT2D eigenvalue weighted by Crippen LogP contribution is -2.58. The van der Waals surface area contributed by atoms with Crippen LogP contribution in [-0.2, 0) is 4.79 Å². The van der Waals surface area contributed by atoms with Crippen LogP contribution in [0.2, 0.25) is 0 Å². The highest BCUT2D eigenvalue weighted by atomic mass is 16.4. The van der Waals surface area contributed by atoms with Crippen molar-refractivity contribution in [2.24, 2.45) is 5.73 Å². The van der Waals surface area contributed by atoms with Crippen molar-refractivity contribution in [1.29, 1.82) is 0 Å². The van der Waals surface area contributed by atoms with Crippen molar-refractivity contribution >= 4 is 11.7 Å². The number of carboxylic acids is 1. The number of likely N-dealkylation sites (N-methyl/N-ethyl adjacent to an activating group) is 1. The van der Waals surface area contributed by atoms with E-state index in [-0.39, 0.29) is 0 Å². The number of aliphatic carboxylic acids is 1. The molecule has 0 radical (unpaired) electrons. The number of carboxylic acid groups (broad SMARTS) is 1. The van der Waals surface area contributed by atoms with Crippen LogP contribution >= 0.6 is 0 Å². The molecule has 1 aromatic carbocycles. The highest BCUT2D eigenvalue weighted by Gasteiger charge is 2.32. The van der Waals surface area contributed by atoms with E-state index in [4.69, 9.17) is 10.8 Å². The van der Waals surface area contributed by atoms with Crippen LogP contribution in [0.15, 0.2) is 30.3 Å². The normalized spacial score (nSPS) is 14.5. The summed E-state index contributed by atoms with van der Waals surface area (Å²) < 4.78 is 0. The monoisotopic (exact) mass is 194 g/mol. The summed E-state index contributed by atoms with van der Waals surface area (Å²) in [6.07, 6.45) is 0. The van der Waals surface area contributed by atoms with Crippen molar-refractivity contribution in [3.05, 3.63) is 30.3 Å². The first-order chi connectivity index (χ1) is 6.46. The van der Waals surface area contributed by atoms with E-state index < -0.39 is 11.6 Å². The van der Waals surface area contributed by atoms with Gasteiger partial charge in [0.1, 0.15) is 0 Å². The maximum atomic E-state index is 10.9. The highest BCUT2D eigenvalue weighted by molar-refractivity contribution is 5.82. The molecule has 0 aliphatic carbocycles. The number of benzene rings is 1. The van der Waals surface area contributed by atoms with Gasteiger partial charge in [-0.2, -0.15) is 0 Å². The van der Waals surface area contributed by atoms with E-state index in [0.29, 0.717) is 0 Å². The van der Waals surface area contributed by atoms with Gasteiger partial charge >= 0.3 is 5.97 Å². The third kappa shape index (κ3) is 1.85. The first kappa shape index (κ1) is 10.5. The molecule has 0 fully saturated rings. The van der Waals surface area contributed by atoms with Crippen molar-refractivity contribution < 1.29 is 9.90 Å². The van der Waals surface area contributed by atoms with E-state index in [9.17, 15) is 4.79 Å². The Balaban J connectivity index is 2.96. The van der Waals surface area contributed by atoms with Gasteiger partial charge in [0.25, 0.3) is 0 Å². The van der Waals surface area contributed by atoms with Crippen molar-refractivity contribution in [1.82, 2.24) is 0 Å². The molecule has 4 heteroatoms. The lowest BCUT2D eigenvalue weighted by atomic mass is 10.1. The molecule has 4 nitrogen and oxygen atoms in total. The van der Waals surface area contributed by atoms with Crippen molar-refractivity contribution in [2.45, 2.75) is 12.6 Å². The van der Waals surface area contributed by atoms with Crippen LogP contribution in [-0.4, -0.2) is 23.8 Å². The Morgan fingerprint density at radius 1 is 1.43 bits per heavy atom. The summed E-state index contributed by atoms with van der Waals surface area (Å²) in [6, 6.07) is 9.17. The van der Waals surface area contributed by atoms with Crippen LogP contribution in [0.25, 0.3) is 0 Å². The smallest absolute Gasteiger partial charge is 0.344 e. The van der Waals surface area contributed by atoms with Gasteiger partial charge in [-0.3, -0.25) is 5.73 Å². The second kappa shape index (κ2) is 3.67. The fraction of sp³-hybridized carbons (Fsp3) is 0.300. The summed E-state index contributed by atoms with van der Waals surface area (Å²) >= 11 is 0. The molecule has 76 valence electrons. The Morgan fingerprint density at radius 3 is 2.36 bits per heavy atom. The van der Waals surface area contributed by atoms with E-state index >= 15 is 0 Å². The lowest BCUT2D eigenvalue weighted by molar-refractivity contribution is -0.142. The van der Waals surface area contributed by atoms with Gasteiger partial charge in [0, 0.05) is 12.7 Å². The van der Waals surface area contributed by atoms with Crippen molar-refractivity contribution in [3.8, 4) is 0 Å². The Labute approximate surface area is 82.9 Å². The van der Waals surface area contributed by atoms with E-state index in [1.165, 1.54) is 11.8 Å². The number of nitrogens with two attached hydrogens (primary N) is 1. The molecule has 0 bridgehead atoms. The number of anilines is 1. The van der Waals surface area contributed by atoms with E-state index in [0.717, 1.165) is 5.69 Å². The van der Waals surface area contributed by atoms with Gasteiger partial charge in [-0.1, -0.05) is 18.2 Å². The first-order valence-corrected chi connectivity index (χ1v) is 4.27. The van der Waals surface area contributed by atoms with Crippen LogP contribution in [0.3, 0.4) is 0 Å². The SMILES string of the molecule is CN(c1ccccc1)C(C)(N)C(=O)O. The van der Waals surface area contributed by atoms with Gasteiger partial charge < -0.3 is 10.0 Å². The molecule has 0 aromatic heterocycles. The molecule has 1 unspecified atom stereocenters. The van der Waals surface area contributed by atoms with E-state index in [2.05, 4.69) is 0 Å². The lowest BCUT2D eigenvalue weighted by Gasteiger charge is -2.32. The van der Waals surface area contributed by atoms with Crippen molar-refractivity contribution in [2.75, 3.05) is 11.9 Å². The predicted molar refractivity (Wildman–Crippen MR) is 55.1 cm³/mol. The minimum absolute atomic E-state index is 0.778. The van der Waals surface area contributed by atoms with E-state index in [1.807, 2.05) is 30.3 Å². The standard InChI is InChI=1S/C10H14N2O2/c1-10(11,9(13)14)12(2)8-6-4-3-5-7-8/h3-7H,11H2,1-2H3,(H,13,14). The molecule has 14 heavy (non-hydrogen) atoms. The molecule has 0 aliphatic rings. The summed E-state index contributed by atoms with van der Waals surface area (Å²) in [5.74, 6) is -1.05. The molecular weight excluding hydrogens is 180 g/mol. The average Bonchev–Trinajstić information content (AvgIpc) is 2.17. The van der Waals surface area contributed by atoms with Crippen LogP contribution in [0, 0.1) is 0 Å². The van der Waals surface area contributed by atoms with Gasteiger partial charge in [-0.05, 0) is 19.1 Å². The molecule has 0 spiro atoms. The maximum Gasteiger partial charge on any atom is 0.344 e. The molecule has 0 aliphatic heterocycles. The van der Waals surface area contributed by atoms with Crippen LogP contribution in [0.1, 0.15) is 6.92 Å². The number of hydrogen-bond donors (Lipinski definition) is 2. The average molecular weight is 194 g/mol.